The van der Waals surface area contributed by atoms with Gasteiger partial charge in [0.05, 0.1) is 0 Å². The Hall–Kier alpha value is -0.870. The Labute approximate surface area is 69.1 Å². The largest absolute Gasteiger partial charge is 0.303 e. The standard InChI is InChI=1S/C7H8N2OS/c8-11-7-2-1-6(3-4-10)9-5-7/h1-2,4-5H,3,8H2. The first-order chi connectivity index (χ1) is 5.36. The van der Waals surface area contributed by atoms with Crippen LogP contribution in [0.1, 0.15) is 5.69 Å². The summed E-state index contributed by atoms with van der Waals surface area (Å²) in [5.41, 5.74) is 0.776. The normalized spacial score (nSPS) is 9.55. The molecule has 0 amide bonds. The second kappa shape index (κ2) is 4.10. The van der Waals surface area contributed by atoms with Gasteiger partial charge in [-0.1, -0.05) is 0 Å². The maximum absolute atomic E-state index is 10.1. The van der Waals surface area contributed by atoms with Crippen molar-refractivity contribution in [3.05, 3.63) is 24.0 Å². The van der Waals surface area contributed by atoms with Gasteiger partial charge < -0.3 is 4.79 Å². The molecule has 58 valence electrons. The fourth-order valence-electron chi connectivity index (χ4n) is 0.687. The molecule has 1 rings (SSSR count). The van der Waals surface area contributed by atoms with Gasteiger partial charge in [-0.3, -0.25) is 10.1 Å². The minimum Gasteiger partial charge on any atom is -0.303 e. The number of nitrogens with zero attached hydrogens (tertiary/aromatic N) is 1. The lowest BCUT2D eigenvalue weighted by atomic mass is 10.3. The number of nitrogens with two attached hydrogens (primary N) is 1. The first-order valence-electron chi connectivity index (χ1n) is 3.12. The molecule has 0 aromatic carbocycles. The molecule has 1 aromatic heterocycles. The summed E-state index contributed by atoms with van der Waals surface area (Å²) in [6.07, 6.45) is 2.86. The van der Waals surface area contributed by atoms with E-state index in [2.05, 4.69) is 4.98 Å². The van der Waals surface area contributed by atoms with E-state index < -0.39 is 0 Å². The van der Waals surface area contributed by atoms with Crippen molar-refractivity contribution >= 4 is 18.2 Å². The average Bonchev–Trinajstić information content (AvgIpc) is 2.07. The number of hydrogen-bond donors (Lipinski definition) is 1. The SMILES string of the molecule is NSc1ccc(CC=O)nc1. The molecule has 0 radical (unpaired) electrons. The molecule has 1 heterocycles. The van der Waals surface area contributed by atoms with Crippen LogP contribution in [-0.2, 0) is 11.2 Å². The average molecular weight is 168 g/mol. The molecule has 0 bridgehead atoms. The third-order valence-electron chi connectivity index (χ3n) is 1.23. The van der Waals surface area contributed by atoms with Crippen molar-refractivity contribution in [2.24, 2.45) is 5.14 Å². The lowest BCUT2D eigenvalue weighted by molar-refractivity contribution is -0.107. The molecule has 2 N–H and O–H groups in total. The smallest absolute Gasteiger partial charge is 0.125 e. The number of aldehydes is 1. The number of carbonyl (C=O) groups is 1. The second-order valence-electron chi connectivity index (χ2n) is 1.97. The van der Waals surface area contributed by atoms with Gasteiger partial charge in [0.1, 0.15) is 6.29 Å². The van der Waals surface area contributed by atoms with Gasteiger partial charge in [-0.25, -0.2) is 0 Å². The molecule has 0 aliphatic carbocycles. The summed E-state index contributed by atoms with van der Waals surface area (Å²) in [5, 5.41) is 5.28. The molecule has 0 spiro atoms. The summed E-state index contributed by atoms with van der Waals surface area (Å²) >= 11 is 1.14. The minimum atomic E-state index is 0.371. The van der Waals surface area contributed by atoms with Crippen LogP contribution in [0.2, 0.25) is 0 Å². The summed E-state index contributed by atoms with van der Waals surface area (Å²) in [5.74, 6) is 0. The summed E-state index contributed by atoms with van der Waals surface area (Å²) in [7, 11) is 0. The van der Waals surface area contributed by atoms with E-state index in [1.54, 1.807) is 12.3 Å². The quantitative estimate of drug-likeness (QED) is 0.535. The highest BCUT2D eigenvalue weighted by Gasteiger charge is 1.93. The van der Waals surface area contributed by atoms with Gasteiger partial charge in [-0.15, -0.1) is 0 Å². The zero-order valence-electron chi connectivity index (χ0n) is 5.86. The highest BCUT2D eigenvalue weighted by atomic mass is 32.2. The predicted octanol–water partition coefficient (Wildman–Crippen LogP) is 0.789. The molecule has 0 aliphatic rings. The van der Waals surface area contributed by atoms with Gasteiger partial charge in [0, 0.05) is 23.2 Å². The van der Waals surface area contributed by atoms with Crippen LogP contribution in [0, 0.1) is 0 Å². The van der Waals surface area contributed by atoms with E-state index in [9.17, 15) is 4.79 Å². The van der Waals surface area contributed by atoms with Crippen molar-refractivity contribution < 1.29 is 4.79 Å². The number of aromatic nitrogens is 1. The molecule has 0 fully saturated rings. The summed E-state index contributed by atoms with van der Waals surface area (Å²) in [6, 6.07) is 3.64. The van der Waals surface area contributed by atoms with E-state index in [1.165, 1.54) is 0 Å². The molecular formula is C7H8N2OS. The highest BCUT2D eigenvalue weighted by molar-refractivity contribution is 7.97. The molecule has 3 nitrogen and oxygen atoms in total. The molecule has 0 unspecified atom stereocenters. The van der Waals surface area contributed by atoms with E-state index in [1.807, 2.05) is 6.07 Å². The van der Waals surface area contributed by atoms with Gasteiger partial charge in [0.2, 0.25) is 0 Å². The summed E-state index contributed by atoms with van der Waals surface area (Å²) in [4.78, 5) is 15.0. The third kappa shape index (κ3) is 2.32. The van der Waals surface area contributed by atoms with Crippen molar-refractivity contribution in [3.8, 4) is 0 Å². The Kier molecular flexibility index (Phi) is 3.07. The van der Waals surface area contributed by atoms with Gasteiger partial charge in [0.15, 0.2) is 0 Å². The number of pyridine rings is 1. The molecule has 0 saturated heterocycles. The molecule has 0 aliphatic heterocycles. The molecule has 4 heteroatoms. The van der Waals surface area contributed by atoms with E-state index in [-0.39, 0.29) is 0 Å². The first kappa shape index (κ1) is 8.23. The Bertz CT molecular complexity index is 235. The van der Waals surface area contributed by atoms with Crippen molar-refractivity contribution in [1.82, 2.24) is 4.98 Å². The second-order valence-corrected chi connectivity index (χ2v) is 2.68. The van der Waals surface area contributed by atoms with Crippen LogP contribution in [0.15, 0.2) is 23.2 Å². The van der Waals surface area contributed by atoms with Crippen molar-refractivity contribution in [2.75, 3.05) is 0 Å². The molecule has 1 aromatic rings. The van der Waals surface area contributed by atoms with E-state index in [0.717, 1.165) is 28.8 Å². The zero-order chi connectivity index (χ0) is 8.10. The predicted molar refractivity (Wildman–Crippen MR) is 44.0 cm³/mol. The summed E-state index contributed by atoms with van der Waals surface area (Å²) in [6.45, 7) is 0. The first-order valence-corrected chi connectivity index (χ1v) is 4.00. The maximum atomic E-state index is 10.1. The topological polar surface area (TPSA) is 56.0 Å². The van der Waals surface area contributed by atoms with E-state index in [4.69, 9.17) is 5.14 Å². The van der Waals surface area contributed by atoms with Crippen LogP contribution in [0.3, 0.4) is 0 Å². The van der Waals surface area contributed by atoms with Crippen molar-refractivity contribution in [1.29, 1.82) is 0 Å². The Balaban J connectivity index is 2.74. The monoisotopic (exact) mass is 168 g/mol. The van der Waals surface area contributed by atoms with Crippen LogP contribution in [0.4, 0.5) is 0 Å². The van der Waals surface area contributed by atoms with Gasteiger partial charge in [-0.05, 0) is 24.1 Å². The molecule has 11 heavy (non-hydrogen) atoms. The lowest BCUT2D eigenvalue weighted by Gasteiger charge is -1.95. The van der Waals surface area contributed by atoms with Crippen molar-refractivity contribution in [2.45, 2.75) is 11.3 Å². The fraction of sp³-hybridized carbons (Fsp3) is 0.143. The number of carbonyl (C=O) groups excluding carboxylic acids is 1. The van der Waals surface area contributed by atoms with Crippen LogP contribution in [0.25, 0.3) is 0 Å². The minimum absolute atomic E-state index is 0.371. The van der Waals surface area contributed by atoms with Gasteiger partial charge >= 0.3 is 0 Å². The lowest BCUT2D eigenvalue weighted by Crippen LogP contribution is -1.90. The van der Waals surface area contributed by atoms with Crippen LogP contribution in [-0.4, -0.2) is 11.3 Å². The van der Waals surface area contributed by atoms with Crippen LogP contribution < -0.4 is 5.14 Å². The Morgan fingerprint density at radius 1 is 1.64 bits per heavy atom. The molecular weight excluding hydrogens is 160 g/mol. The van der Waals surface area contributed by atoms with Crippen LogP contribution >= 0.6 is 11.9 Å². The Morgan fingerprint density at radius 3 is 2.91 bits per heavy atom. The van der Waals surface area contributed by atoms with Crippen LogP contribution in [0.5, 0.6) is 0 Å². The number of rotatable bonds is 3. The zero-order valence-corrected chi connectivity index (χ0v) is 6.67. The van der Waals surface area contributed by atoms with E-state index in [0.29, 0.717) is 6.42 Å². The van der Waals surface area contributed by atoms with Gasteiger partial charge in [0.25, 0.3) is 0 Å². The third-order valence-corrected chi connectivity index (χ3v) is 1.74. The number of hydrogen-bond acceptors (Lipinski definition) is 4. The highest BCUT2D eigenvalue weighted by Crippen LogP contribution is 2.09. The fourth-order valence-corrected chi connectivity index (χ4v) is 0.947. The van der Waals surface area contributed by atoms with Gasteiger partial charge in [-0.2, -0.15) is 0 Å². The van der Waals surface area contributed by atoms with E-state index >= 15 is 0 Å². The summed E-state index contributed by atoms with van der Waals surface area (Å²) < 4.78 is 0. The molecule has 0 saturated carbocycles. The Morgan fingerprint density at radius 2 is 2.45 bits per heavy atom. The maximum Gasteiger partial charge on any atom is 0.125 e. The van der Waals surface area contributed by atoms with Crippen molar-refractivity contribution in [3.63, 3.8) is 0 Å². The molecule has 0 atom stereocenters.